The van der Waals surface area contributed by atoms with E-state index in [0.717, 1.165) is 52.8 Å². The Balaban J connectivity index is 1.42. The van der Waals surface area contributed by atoms with E-state index in [4.69, 9.17) is 4.99 Å². The first-order chi connectivity index (χ1) is 16.6. The van der Waals surface area contributed by atoms with Crippen LogP contribution in [0.4, 0.5) is 10.1 Å². The zero-order chi connectivity index (χ0) is 23.5. The fraction of sp³-hybridized carbons (Fsp3) is 0.286. The second-order valence-electron chi connectivity index (χ2n) is 8.93. The maximum absolute atomic E-state index is 14.2. The zero-order valence-electron chi connectivity index (χ0n) is 19.3. The predicted molar refractivity (Wildman–Crippen MR) is 136 cm³/mol. The average Bonchev–Trinajstić information content (AvgIpc) is 3.04. The van der Waals surface area contributed by atoms with Gasteiger partial charge in [-0.3, -0.25) is 4.79 Å². The minimum absolute atomic E-state index is 0.113. The molecule has 1 amide bonds. The Hall–Kier alpha value is -3.12. The number of piperidine rings is 1. The summed E-state index contributed by atoms with van der Waals surface area (Å²) < 4.78 is 14.2. The van der Waals surface area contributed by atoms with E-state index in [1.807, 2.05) is 42.5 Å². The smallest absolute Gasteiger partial charge is 0.251 e. The van der Waals surface area contributed by atoms with Crippen molar-refractivity contribution in [3.8, 4) is 0 Å². The topological polar surface area (TPSA) is 44.7 Å². The van der Waals surface area contributed by atoms with E-state index in [1.54, 1.807) is 17.8 Å². The van der Waals surface area contributed by atoms with Crippen molar-refractivity contribution in [2.24, 2.45) is 4.99 Å². The third-order valence-electron chi connectivity index (χ3n) is 6.44. The average molecular weight is 474 g/mol. The van der Waals surface area contributed by atoms with E-state index in [-0.39, 0.29) is 17.6 Å². The number of benzene rings is 3. The molecule has 1 unspecified atom stereocenters. The third kappa shape index (κ3) is 4.87. The van der Waals surface area contributed by atoms with Crippen LogP contribution in [-0.4, -0.2) is 36.3 Å². The van der Waals surface area contributed by atoms with Gasteiger partial charge in [-0.05, 0) is 67.1 Å². The van der Waals surface area contributed by atoms with Gasteiger partial charge in [0.15, 0.2) is 0 Å². The van der Waals surface area contributed by atoms with Gasteiger partial charge in [0, 0.05) is 40.6 Å². The second-order valence-corrected chi connectivity index (χ2v) is 10.0. The van der Waals surface area contributed by atoms with Gasteiger partial charge in [0.25, 0.3) is 5.91 Å². The zero-order valence-corrected chi connectivity index (χ0v) is 20.1. The number of hydrogen-bond donors (Lipinski definition) is 1. The maximum atomic E-state index is 14.2. The first-order valence-corrected chi connectivity index (χ1v) is 12.7. The highest BCUT2D eigenvalue weighted by Gasteiger charge is 2.24. The molecule has 0 radical (unpaired) electrons. The van der Waals surface area contributed by atoms with Crippen LogP contribution >= 0.6 is 11.8 Å². The number of nitrogens with one attached hydrogen (secondary N) is 1. The summed E-state index contributed by atoms with van der Waals surface area (Å²) in [6, 6.07) is 20.7. The Bertz CT molecular complexity index is 1220. The standard InChI is InChI=1S/C28H28FN3OS/c1-19(20-8-4-2-5-9-20)18-30-28(33)21-10-12-26-24(16-21)31-27(32-14-6-3-7-15-32)23-17-22(29)11-13-25(23)34-26/h2,4-5,8-13,16-17,19H,3,6-7,14-15,18H2,1H3,(H,30,33). The number of rotatable bonds is 4. The van der Waals surface area contributed by atoms with E-state index in [9.17, 15) is 9.18 Å². The summed E-state index contributed by atoms with van der Waals surface area (Å²) in [5.41, 5.74) is 3.36. The highest BCUT2D eigenvalue weighted by Crippen LogP contribution is 2.41. The van der Waals surface area contributed by atoms with Crippen LogP contribution in [0.3, 0.4) is 0 Å². The van der Waals surface area contributed by atoms with Crippen molar-refractivity contribution in [1.29, 1.82) is 0 Å². The summed E-state index contributed by atoms with van der Waals surface area (Å²) in [5, 5.41) is 3.06. The molecule has 3 aromatic rings. The number of aliphatic imine (C=N–C) groups is 1. The van der Waals surface area contributed by atoms with E-state index < -0.39 is 0 Å². The number of fused-ring (bicyclic) bond motifs is 2. The molecule has 2 aliphatic heterocycles. The quantitative estimate of drug-likeness (QED) is 0.478. The van der Waals surface area contributed by atoms with E-state index in [2.05, 4.69) is 29.3 Å². The molecule has 0 bridgehead atoms. The predicted octanol–water partition coefficient (Wildman–Crippen LogP) is 6.39. The highest BCUT2D eigenvalue weighted by atomic mass is 32.2. The second kappa shape index (κ2) is 10.0. The molecular formula is C28H28FN3OS. The Morgan fingerprint density at radius 1 is 1.03 bits per heavy atom. The Labute approximate surface area is 204 Å². The first kappa shape index (κ1) is 22.7. The summed E-state index contributed by atoms with van der Waals surface area (Å²) in [6.07, 6.45) is 3.41. The summed E-state index contributed by atoms with van der Waals surface area (Å²) >= 11 is 1.58. The molecule has 0 saturated carbocycles. The third-order valence-corrected chi connectivity index (χ3v) is 7.58. The molecule has 0 aromatic heterocycles. The fourth-order valence-electron chi connectivity index (χ4n) is 4.49. The maximum Gasteiger partial charge on any atom is 0.251 e. The molecule has 1 atom stereocenters. The van der Waals surface area contributed by atoms with E-state index >= 15 is 0 Å². The van der Waals surface area contributed by atoms with Crippen LogP contribution < -0.4 is 5.32 Å². The SMILES string of the molecule is CC(CNC(=O)c1ccc2c(c1)N=C(N1CCCCC1)c1cc(F)ccc1S2)c1ccccc1. The Kier molecular flexibility index (Phi) is 6.68. The first-order valence-electron chi connectivity index (χ1n) is 11.9. The number of amidine groups is 1. The van der Waals surface area contributed by atoms with Gasteiger partial charge >= 0.3 is 0 Å². The van der Waals surface area contributed by atoms with Crippen LogP contribution in [-0.2, 0) is 0 Å². The van der Waals surface area contributed by atoms with Crippen molar-refractivity contribution >= 4 is 29.2 Å². The van der Waals surface area contributed by atoms with Gasteiger partial charge in [-0.1, -0.05) is 49.0 Å². The van der Waals surface area contributed by atoms with E-state index in [1.165, 1.54) is 18.1 Å². The molecule has 4 nitrogen and oxygen atoms in total. The molecule has 0 spiro atoms. The molecule has 2 aliphatic rings. The Morgan fingerprint density at radius 2 is 1.79 bits per heavy atom. The summed E-state index contributed by atoms with van der Waals surface area (Å²) in [7, 11) is 0. The van der Waals surface area contributed by atoms with Crippen molar-refractivity contribution in [2.75, 3.05) is 19.6 Å². The van der Waals surface area contributed by atoms with Gasteiger partial charge in [0.1, 0.15) is 11.7 Å². The lowest BCUT2D eigenvalue weighted by molar-refractivity contribution is 0.0951. The minimum Gasteiger partial charge on any atom is -0.356 e. The van der Waals surface area contributed by atoms with Gasteiger partial charge in [-0.2, -0.15) is 0 Å². The summed E-state index contributed by atoms with van der Waals surface area (Å²) in [5.74, 6) is 0.645. The molecule has 0 aliphatic carbocycles. The number of likely N-dealkylation sites (tertiary alicyclic amines) is 1. The summed E-state index contributed by atoms with van der Waals surface area (Å²) in [4.78, 5) is 22.2. The molecule has 34 heavy (non-hydrogen) atoms. The molecule has 5 rings (SSSR count). The number of halogens is 1. The number of nitrogens with zero attached hydrogens (tertiary/aromatic N) is 2. The van der Waals surface area contributed by atoms with Gasteiger partial charge in [-0.15, -0.1) is 0 Å². The molecule has 174 valence electrons. The number of amides is 1. The van der Waals surface area contributed by atoms with Crippen LogP contribution in [0.15, 0.2) is 81.5 Å². The number of carbonyl (C=O) groups is 1. The molecule has 6 heteroatoms. The van der Waals surface area contributed by atoms with Crippen molar-refractivity contribution in [2.45, 2.75) is 41.9 Å². The lowest BCUT2D eigenvalue weighted by atomic mass is 10.0. The van der Waals surface area contributed by atoms with Crippen molar-refractivity contribution in [1.82, 2.24) is 10.2 Å². The molecule has 1 fully saturated rings. The molecule has 2 heterocycles. The van der Waals surface area contributed by atoms with Crippen LogP contribution in [0.25, 0.3) is 0 Å². The van der Waals surface area contributed by atoms with Gasteiger partial charge < -0.3 is 10.2 Å². The molecule has 1 saturated heterocycles. The number of carbonyl (C=O) groups excluding carboxylic acids is 1. The normalized spacial score (nSPS) is 16.1. The van der Waals surface area contributed by atoms with Crippen molar-refractivity contribution in [3.05, 3.63) is 89.2 Å². The minimum atomic E-state index is -0.261. The van der Waals surface area contributed by atoms with Crippen LogP contribution in [0.1, 0.15) is 53.6 Å². The molecule has 3 aromatic carbocycles. The van der Waals surface area contributed by atoms with Crippen LogP contribution in [0, 0.1) is 5.82 Å². The van der Waals surface area contributed by atoms with Gasteiger partial charge in [-0.25, -0.2) is 9.38 Å². The van der Waals surface area contributed by atoms with E-state index in [0.29, 0.717) is 12.1 Å². The summed E-state index contributed by atoms with van der Waals surface area (Å²) in [6.45, 7) is 4.48. The number of hydrogen-bond acceptors (Lipinski definition) is 4. The lowest BCUT2D eigenvalue weighted by Gasteiger charge is -2.30. The lowest BCUT2D eigenvalue weighted by Crippen LogP contribution is -2.36. The Morgan fingerprint density at radius 3 is 2.59 bits per heavy atom. The van der Waals surface area contributed by atoms with Gasteiger partial charge in [0.05, 0.1) is 5.69 Å². The van der Waals surface area contributed by atoms with Gasteiger partial charge in [0.2, 0.25) is 0 Å². The van der Waals surface area contributed by atoms with Crippen molar-refractivity contribution in [3.63, 3.8) is 0 Å². The monoisotopic (exact) mass is 473 g/mol. The molecule has 1 N–H and O–H groups in total. The largest absolute Gasteiger partial charge is 0.356 e. The highest BCUT2D eigenvalue weighted by molar-refractivity contribution is 7.99. The van der Waals surface area contributed by atoms with Crippen molar-refractivity contribution < 1.29 is 9.18 Å². The van der Waals surface area contributed by atoms with Crippen LogP contribution in [0.5, 0.6) is 0 Å². The fourth-order valence-corrected chi connectivity index (χ4v) is 5.46. The molecular weight excluding hydrogens is 445 g/mol. The van der Waals surface area contributed by atoms with Crippen LogP contribution in [0.2, 0.25) is 0 Å².